The second-order valence-electron chi connectivity index (χ2n) is 3.88. The van der Waals surface area contributed by atoms with E-state index in [2.05, 4.69) is 31.5 Å². The Morgan fingerprint density at radius 1 is 1.33 bits per heavy atom. The summed E-state index contributed by atoms with van der Waals surface area (Å²) >= 11 is 0. The van der Waals surface area contributed by atoms with Crippen LogP contribution in [0.25, 0.3) is 0 Å². The van der Waals surface area contributed by atoms with Crippen LogP contribution in [0, 0.1) is 5.92 Å². The largest absolute Gasteiger partial charge is 0.304 e. The Hall–Kier alpha value is -0.300. The second kappa shape index (κ2) is 4.66. The van der Waals surface area contributed by atoms with E-state index in [0.29, 0.717) is 0 Å². The fourth-order valence-corrected chi connectivity index (χ4v) is 2.04. The highest BCUT2D eigenvalue weighted by Gasteiger charge is 2.20. The maximum atomic E-state index is 3.86. The molecule has 0 aliphatic heterocycles. The van der Waals surface area contributed by atoms with Gasteiger partial charge in [-0.15, -0.1) is 6.58 Å². The first-order valence-electron chi connectivity index (χ1n) is 5.10. The van der Waals surface area contributed by atoms with Crippen molar-refractivity contribution >= 4 is 0 Å². The third-order valence-electron chi connectivity index (χ3n) is 3.20. The molecule has 0 saturated heterocycles. The number of allylic oxidation sites excluding steroid dienone is 1. The standard InChI is InChI=1S/C11H21N/c1-4-10-6-8-11(9-7-10)12(3)5-2/h4,10-11H,1,5-9H2,2-3H3. The molecule has 0 amide bonds. The van der Waals surface area contributed by atoms with Gasteiger partial charge in [0.2, 0.25) is 0 Å². The van der Waals surface area contributed by atoms with Gasteiger partial charge in [-0.1, -0.05) is 13.0 Å². The van der Waals surface area contributed by atoms with Crippen molar-refractivity contribution in [3.63, 3.8) is 0 Å². The van der Waals surface area contributed by atoms with Crippen molar-refractivity contribution < 1.29 is 0 Å². The summed E-state index contributed by atoms with van der Waals surface area (Å²) in [6.45, 7) is 7.28. The van der Waals surface area contributed by atoms with Crippen LogP contribution >= 0.6 is 0 Å². The molecule has 0 bridgehead atoms. The third-order valence-corrected chi connectivity index (χ3v) is 3.20. The maximum Gasteiger partial charge on any atom is 0.00925 e. The van der Waals surface area contributed by atoms with Gasteiger partial charge in [0, 0.05) is 6.04 Å². The van der Waals surface area contributed by atoms with Crippen LogP contribution in [0.15, 0.2) is 12.7 Å². The highest BCUT2D eigenvalue weighted by Crippen LogP contribution is 2.27. The summed E-state index contributed by atoms with van der Waals surface area (Å²) in [5.74, 6) is 0.798. The molecular formula is C11H21N. The third kappa shape index (κ3) is 2.34. The average molecular weight is 167 g/mol. The van der Waals surface area contributed by atoms with Gasteiger partial charge in [0.15, 0.2) is 0 Å². The van der Waals surface area contributed by atoms with Gasteiger partial charge in [0.1, 0.15) is 0 Å². The van der Waals surface area contributed by atoms with Gasteiger partial charge in [-0.2, -0.15) is 0 Å². The lowest BCUT2D eigenvalue weighted by Gasteiger charge is -2.33. The van der Waals surface area contributed by atoms with Crippen LogP contribution in [0.3, 0.4) is 0 Å². The van der Waals surface area contributed by atoms with Crippen LogP contribution in [-0.4, -0.2) is 24.5 Å². The van der Waals surface area contributed by atoms with E-state index in [-0.39, 0.29) is 0 Å². The van der Waals surface area contributed by atoms with Gasteiger partial charge in [-0.05, 0) is 45.2 Å². The lowest BCUT2D eigenvalue weighted by molar-refractivity contribution is 0.184. The van der Waals surface area contributed by atoms with E-state index in [9.17, 15) is 0 Å². The van der Waals surface area contributed by atoms with E-state index < -0.39 is 0 Å². The Morgan fingerprint density at radius 3 is 2.33 bits per heavy atom. The van der Waals surface area contributed by atoms with Crippen LogP contribution in [0.4, 0.5) is 0 Å². The molecule has 0 aromatic carbocycles. The fourth-order valence-electron chi connectivity index (χ4n) is 2.04. The Kier molecular flexibility index (Phi) is 3.80. The summed E-state index contributed by atoms with van der Waals surface area (Å²) < 4.78 is 0. The van der Waals surface area contributed by atoms with Gasteiger partial charge < -0.3 is 4.90 Å². The topological polar surface area (TPSA) is 3.24 Å². The summed E-state index contributed by atoms with van der Waals surface area (Å²) in [5.41, 5.74) is 0. The molecule has 0 N–H and O–H groups in total. The molecule has 1 rings (SSSR count). The summed E-state index contributed by atoms with van der Waals surface area (Å²) in [7, 11) is 2.24. The van der Waals surface area contributed by atoms with E-state index in [1.54, 1.807) is 0 Å². The van der Waals surface area contributed by atoms with Crippen molar-refractivity contribution in [3.8, 4) is 0 Å². The van der Waals surface area contributed by atoms with E-state index in [0.717, 1.165) is 12.0 Å². The monoisotopic (exact) mass is 167 g/mol. The predicted octanol–water partition coefficient (Wildman–Crippen LogP) is 2.68. The molecule has 0 heterocycles. The summed E-state index contributed by atoms with van der Waals surface area (Å²) in [5, 5.41) is 0. The van der Waals surface area contributed by atoms with E-state index in [1.807, 2.05) is 0 Å². The molecule has 0 aromatic rings. The van der Waals surface area contributed by atoms with Crippen molar-refractivity contribution in [2.24, 2.45) is 5.92 Å². The average Bonchev–Trinajstić information content (AvgIpc) is 2.17. The van der Waals surface area contributed by atoms with Gasteiger partial charge in [0.05, 0.1) is 0 Å². The molecule has 1 nitrogen and oxygen atoms in total. The van der Waals surface area contributed by atoms with Gasteiger partial charge >= 0.3 is 0 Å². The maximum absolute atomic E-state index is 3.86. The molecule has 1 heteroatoms. The molecule has 1 aliphatic carbocycles. The lowest BCUT2D eigenvalue weighted by Crippen LogP contribution is -2.34. The molecule has 0 unspecified atom stereocenters. The number of rotatable bonds is 3. The van der Waals surface area contributed by atoms with Crippen LogP contribution in [0.2, 0.25) is 0 Å². The quantitative estimate of drug-likeness (QED) is 0.584. The van der Waals surface area contributed by atoms with E-state index in [1.165, 1.54) is 32.2 Å². The minimum Gasteiger partial charge on any atom is -0.304 e. The first kappa shape index (κ1) is 9.79. The molecule has 0 spiro atoms. The molecule has 1 aliphatic rings. The first-order chi connectivity index (χ1) is 5.77. The zero-order valence-corrected chi connectivity index (χ0v) is 8.42. The molecule has 1 fully saturated rings. The zero-order valence-electron chi connectivity index (χ0n) is 8.42. The molecule has 12 heavy (non-hydrogen) atoms. The van der Waals surface area contributed by atoms with Gasteiger partial charge in [-0.3, -0.25) is 0 Å². The molecule has 0 aromatic heterocycles. The van der Waals surface area contributed by atoms with Crippen molar-refractivity contribution in [2.45, 2.75) is 38.6 Å². The van der Waals surface area contributed by atoms with Crippen LogP contribution in [-0.2, 0) is 0 Å². The molecule has 0 atom stereocenters. The summed E-state index contributed by atoms with van der Waals surface area (Å²) in [4.78, 5) is 2.47. The number of hydrogen-bond donors (Lipinski definition) is 0. The first-order valence-corrected chi connectivity index (χ1v) is 5.10. The van der Waals surface area contributed by atoms with Gasteiger partial charge in [0.25, 0.3) is 0 Å². The van der Waals surface area contributed by atoms with E-state index >= 15 is 0 Å². The van der Waals surface area contributed by atoms with Crippen molar-refractivity contribution in [3.05, 3.63) is 12.7 Å². The number of nitrogens with zero attached hydrogens (tertiary/aromatic N) is 1. The normalized spacial score (nSPS) is 30.6. The lowest BCUT2D eigenvalue weighted by atomic mass is 9.85. The van der Waals surface area contributed by atoms with Crippen molar-refractivity contribution in [1.82, 2.24) is 4.90 Å². The van der Waals surface area contributed by atoms with Crippen molar-refractivity contribution in [1.29, 1.82) is 0 Å². The minimum absolute atomic E-state index is 0.798. The van der Waals surface area contributed by atoms with Gasteiger partial charge in [-0.25, -0.2) is 0 Å². The van der Waals surface area contributed by atoms with E-state index in [4.69, 9.17) is 0 Å². The Balaban J connectivity index is 2.30. The predicted molar refractivity (Wildman–Crippen MR) is 54.2 cm³/mol. The van der Waals surface area contributed by atoms with Crippen LogP contribution in [0.5, 0.6) is 0 Å². The Bertz CT molecular complexity index is 134. The molecular weight excluding hydrogens is 146 g/mol. The Labute approximate surface area is 76.5 Å². The molecule has 1 saturated carbocycles. The highest BCUT2D eigenvalue weighted by atomic mass is 15.1. The zero-order chi connectivity index (χ0) is 8.97. The minimum atomic E-state index is 0.798. The molecule has 70 valence electrons. The van der Waals surface area contributed by atoms with Crippen LogP contribution < -0.4 is 0 Å². The van der Waals surface area contributed by atoms with Crippen LogP contribution in [0.1, 0.15) is 32.6 Å². The summed E-state index contributed by atoms with van der Waals surface area (Å²) in [6, 6.07) is 0.839. The smallest absolute Gasteiger partial charge is 0.00925 e. The summed E-state index contributed by atoms with van der Waals surface area (Å²) in [6.07, 6.45) is 7.54. The number of hydrogen-bond acceptors (Lipinski definition) is 1. The fraction of sp³-hybridized carbons (Fsp3) is 0.818. The Morgan fingerprint density at radius 2 is 1.92 bits per heavy atom. The highest BCUT2D eigenvalue weighted by molar-refractivity contribution is 4.86. The second-order valence-corrected chi connectivity index (χ2v) is 3.88. The van der Waals surface area contributed by atoms with Crippen molar-refractivity contribution in [2.75, 3.05) is 13.6 Å². The molecule has 0 radical (unpaired) electrons. The SMILES string of the molecule is C=CC1CCC(N(C)CC)CC1.